The van der Waals surface area contributed by atoms with Crippen LogP contribution in [-0.2, 0) is 4.79 Å². The summed E-state index contributed by atoms with van der Waals surface area (Å²) >= 11 is 1.12. The van der Waals surface area contributed by atoms with E-state index >= 15 is 0 Å². The first-order valence-electron chi connectivity index (χ1n) is 8.72. The number of aryl methyl sites for hydroxylation is 1. The van der Waals surface area contributed by atoms with Gasteiger partial charge in [-0.1, -0.05) is 48.0 Å². The quantitative estimate of drug-likeness (QED) is 0.403. The summed E-state index contributed by atoms with van der Waals surface area (Å²) in [6, 6.07) is 21.3. The van der Waals surface area contributed by atoms with Gasteiger partial charge in [-0.05, 0) is 51.5 Å². The normalized spacial score (nSPS) is 10.9. The number of fused-ring (bicyclic) bond motifs is 1. The minimum atomic E-state index is -0.510. The second-order valence-electron chi connectivity index (χ2n) is 6.36. The molecule has 2 N–H and O–H groups in total. The monoisotopic (exact) mass is 392 g/mol. The van der Waals surface area contributed by atoms with Gasteiger partial charge in [0.05, 0.1) is 5.75 Å². The molecule has 0 aliphatic heterocycles. The number of H-pyrrole nitrogens is 1. The zero-order valence-corrected chi connectivity index (χ0v) is 16.0. The topological polar surface area (TPSA) is 79.0 Å². The number of nitrogens with one attached hydrogen (secondary N) is 2. The first kappa shape index (κ1) is 18.1. The second kappa shape index (κ2) is 7.74. The SMILES string of the molecule is Cc1ccc(-[n+]2[nH]oc(=O)c2SCC(=O)Nc2ccc3ccccc3c2)cc1. The van der Waals surface area contributed by atoms with Crippen LogP contribution in [0.4, 0.5) is 5.69 Å². The number of hydrogen-bond acceptors (Lipinski definition) is 4. The van der Waals surface area contributed by atoms with Gasteiger partial charge in [0.2, 0.25) is 11.6 Å². The van der Waals surface area contributed by atoms with E-state index in [0.717, 1.165) is 39.5 Å². The molecule has 1 aromatic heterocycles. The maximum atomic E-state index is 12.4. The zero-order chi connectivity index (χ0) is 19.5. The van der Waals surface area contributed by atoms with Crippen molar-refractivity contribution >= 4 is 34.1 Å². The molecule has 1 heterocycles. The number of rotatable bonds is 5. The second-order valence-corrected chi connectivity index (χ2v) is 7.32. The molecule has 0 atom stereocenters. The first-order chi connectivity index (χ1) is 13.6. The number of nitrogens with zero attached hydrogens (tertiary/aromatic N) is 1. The smallest absolute Gasteiger partial charge is 0.325 e. The number of aromatic nitrogens is 2. The van der Waals surface area contributed by atoms with E-state index in [9.17, 15) is 9.59 Å². The molecular weight excluding hydrogens is 374 g/mol. The predicted octanol–water partition coefficient (Wildman–Crippen LogP) is 3.44. The zero-order valence-electron chi connectivity index (χ0n) is 15.1. The number of benzene rings is 3. The van der Waals surface area contributed by atoms with Crippen LogP contribution in [0.25, 0.3) is 16.5 Å². The highest BCUT2D eigenvalue weighted by Crippen LogP contribution is 2.19. The predicted molar refractivity (Wildman–Crippen MR) is 109 cm³/mol. The van der Waals surface area contributed by atoms with Crippen molar-refractivity contribution in [1.82, 2.24) is 5.27 Å². The van der Waals surface area contributed by atoms with Crippen molar-refractivity contribution in [2.24, 2.45) is 0 Å². The Morgan fingerprint density at radius 2 is 1.82 bits per heavy atom. The standard InChI is InChI=1S/C21H17N3O3S/c1-14-6-10-18(11-7-14)24-20(21(26)27-23-24)28-13-19(25)22-17-9-8-15-4-2-3-5-16(15)12-17/h2-12H,13H2,1H3,(H-,22,23,25,26)/p+1. The highest BCUT2D eigenvalue weighted by molar-refractivity contribution is 7.99. The van der Waals surface area contributed by atoms with Crippen molar-refractivity contribution in [3.05, 3.63) is 82.7 Å². The van der Waals surface area contributed by atoms with E-state index in [2.05, 4.69) is 10.6 Å². The number of aromatic amines is 1. The fourth-order valence-corrected chi connectivity index (χ4v) is 3.62. The molecule has 0 radical (unpaired) electrons. The fourth-order valence-electron chi connectivity index (χ4n) is 2.85. The van der Waals surface area contributed by atoms with E-state index in [1.165, 1.54) is 4.68 Å². The molecule has 4 aromatic rings. The van der Waals surface area contributed by atoms with Crippen molar-refractivity contribution in [3.8, 4) is 5.69 Å². The molecule has 6 nitrogen and oxygen atoms in total. The van der Waals surface area contributed by atoms with Crippen LogP contribution < -0.4 is 15.6 Å². The molecule has 140 valence electrons. The van der Waals surface area contributed by atoms with E-state index < -0.39 is 5.63 Å². The van der Waals surface area contributed by atoms with Crippen LogP contribution in [0.3, 0.4) is 0 Å². The van der Waals surface area contributed by atoms with Crippen LogP contribution in [0.15, 0.2) is 81.1 Å². The van der Waals surface area contributed by atoms with E-state index in [0.29, 0.717) is 5.03 Å². The van der Waals surface area contributed by atoms with Gasteiger partial charge in [0.15, 0.2) is 0 Å². The lowest BCUT2D eigenvalue weighted by atomic mass is 10.1. The molecule has 0 fully saturated rings. The molecule has 0 aliphatic rings. The van der Waals surface area contributed by atoms with Crippen molar-refractivity contribution in [2.45, 2.75) is 11.9 Å². The Bertz CT molecular complexity index is 1200. The highest BCUT2D eigenvalue weighted by atomic mass is 32.2. The average molecular weight is 392 g/mol. The minimum Gasteiger partial charge on any atom is -0.325 e. The van der Waals surface area contributed by atoms with Gasteiger partial charge < -0.3 is 5.32 Å². The summed E-state index contributed by atoms with van der Waals surface area (Å²) in [7, 11) is 0. The molecular formula is C21H18N3O3S+. The lowest BCUT2D eigenvalue weighted by Gasteiger charge is -2.05. The summed E-state index contributed by atoms with van der Waals surface area (Å²) in [4.78, 5) is 24.4. The number of anilines is 1. The van der Waals surface area contributed by atoms with Crippen molar-refractivity contribution in [1.29, 1.82) is 0 Å². The first-order valence-corrected chi connectivity index (χ1v) is 9.71. The highest BCUT2D eigenvalue weighted by Gasteiger charge is 2.24. The molecule has 7 heteroatoms. The van der Waals surface area contributed by atoms with Crippen LogP contribution >= 0.6 is 11.8 Å². The van der Waals surface area contributed by atoms with Gasteiger partial charge in [-0.15, -0.1) is 0 Å². The Morgan fingerprint density at radius 3 is 2.61 bits per heavy atom. The summed E-state index contributed by atoms with van der Waals surface area (Å²) in [5.41, 5.74) is 2.08. The third-order valence-electron chi connectivity index (χ3n) is 4.27. The molecule has 0 saturated carbocycles. The Balaban J connectivity index is 1.47. The fraction of sp³-hybridized carbons (Fsp3) is 0.0952. The van der Waals surface area contributed by atoms with Gasteiger partial charge >= 0.3 is 10.7 Å². The van der Waals surface area contributed by atoms with Gasteiger partial charge in [0, 0.05) is 17.8 Å². The number of carbonyl (C=O) groups excluding carboxylic acids is 1. The minimum absolute atomic E-state index is 0.0846. The van der Waals surface area contributed by atoms with Crippen molar-refractivity contribution in [2.75, 3.05) is 11.1 Å². The molecule has 1 amide bonds. The third-order valence-corrected chi connectivity index (χ3v) is 5.30. The number of amides is 1. The molecule has 0 unspecified atom stereocenters. The third kappa shape index (κ3) is 3.84. The van der Waals surface area contributed by atoms with Gasteiger partial charge in [0.1, 0.15) is 0 Å². The van der Waals surface area contributed by atoms with Crippen LogP contribution in [-0.4, -0.2) is 16.9 Å². The van der Waals surface area contributed by atoms with E-state index in [-0.39, 0.29) is 11.7 Å². The van der Waals surface area contributed by atoms with Crippen LogP contribution in [0.2, 0.25) is 0 Å². The molecule has 0 saturated heterocycles. The van der Waals surface area contributed by atoms with Gasteiger partial charge in [-0.2, -0.15) is 0 Å². The summed E-state index contributed by atoms with van der Waals surface area (Å²) in [6.07, 6.45) is 0. The summed E-state index contributed by atoms with van der Waals surface area (Å²) < 4.78 is 6.45. The molecule has 0 aliphatic carbocycles. The van der Waals surface area contributed by atoms with Gasteiger partial charge in [0.25, 0.3) is 0 Å². The Hall–Kier alpha value is -3.32. The van der Waals surface area contributed by atoms with Gasteiger partial charge in [-0.25, -0.2) is 4.79 Å². The van der Waals surface area contributed by atoms with Gasteiger partial charge in [-0.3, -0.25) is 9.32 Å². The number of thioether (sulfide) groups is 1. The summed E-state index contributed by atoms with van der Waals surface area (Å²) in [6.45, 7) is 1.99. The lowest BCUT2D eigenvalue weighted by Crippen LogP contribution is -2.36. The Labute approximate surface area is 165 Å². The Morgan fingerprint density at radius 1 is 1.07 bits per heavy atom. The maximum absolute atomic E-state index is 12.4. The van der Waals surface area contributed by atoms with Crippen LogP contribution in [0, 0.1) is 6.92 Å². The number of carbonyl (C=O) groups is 1. The number of hydrogen-bond donors (Lipinski definition) is 2. The van der Waals surface area contributed by atoms with Crippen molar-refractivity contribution in [3.63, 3.8) is 0 Å². The maximum Gasteiger partial charge on any atom is 0.442 e. The van der Waals surface area contributed by atoms with E-state index in [4.69, 9.17) is 4.52 Å². The summed E-state index contributed by atoms with van der Waals surface area (Å²) in [5, 5.41) is 7.93. The van der Waals surface area contributed by atoms with Crippen molar-refractivity contribution < 1.29 is 14.0 Å². The average Bonchev–Trinajstić information content (AvgIpc) is 3.07. The summed E-state index contributed by atoms with van der Waals surface area (Å²) in [5.74, 6) is -0.113. The molecule has 28 heavy (non-hydrogen) atoms. The van der Waals surface area contributed by atoms with E-state index in [1.807, 2.05) is 73.7 Å². The molecule has 0 bridgehead atoms. The molecule has 0 spiro atoms. The molecule has 4 rings (SSSR count). The van der Waals surface area contributed by atoms with Crippen LogP contribution in [0.5, 0.6) is 0 Å². The van der Waals surface area contributed by atoms with E-state index in [1.54, 1.807) is 0 Å². The lowest BCUT2D eigenvalue weighted by molar-refractivity contribution is -0.704. The Kier molecular flexibility index (Phi) is 4.99. The molecule has 3 aromatic carbocycles. The van der Waals surface area contributed by atoms with Crippen LogP contribution in [0.1, 0.15) is 5.56 Å². The largest absolute Gasteiger partial charge is 0.442 e.